The SMILES string of the molecule is O=C1Cc2cccc3c2N1CC3. The second kappa shape index (κ2) is 1.89. The Morgan fingerprint density at radius 2 is 2.08 bits per heavy atom. The van der Waals surface area contributed by atoms with E-state index in [1.165, 1.54) is 16.8 Å². The molecule has 0 radical (unpaired) electrons. The zero-order valence-electron chi connectivity index (χ0n) is 6.71. The van der Waals surface area contributed by atoms with Crippen LogP contribution in [0.25, 0.3) is 0 Å². The first-order chi connectivity index (χ1) is 5.86. The van der Waals surface area contributed by atoms with Crippen molar-refractivity contribution < 1.29 is 4.79 Å². The average molecular weight is 159 g/mol. The van der Waals surface area contributed by atoms with Crippen molar-refractivity contribution in [2.24, 2.45) is 0 Å². The molecular weight excluding hydrogens is 150 g/mol. The molecule has 60 valence electrons. The second-order valence-corrected chi connectivity index (χ2v) is 3.40. The van der Waals surface area contributed by atoms with Crippen LogP contribution in [0.5, 0.6) is 0 Å². The van der Waals surface area contributed by atoms with Crippen LogP contribution in [0.2, 0.25) is 0 Å². The van der Waals surface area contributed by atoms with Gasteiger partial charge in [-0.1, -0.05) is 18.2 Å². The summed E-state index contributed by atoms with van der Waals surface area (Å²) in [5, 5.41) is 0. The lowest BCUT2D eigenvalue weighted by Gasteiger charge is -2.08. The van der Waals surface area contributed by atoms with E-state index in [4.69, 9.17) is 0 Å². The lowest BCUT2D eigenvalue weighted by atomic mass is 10.1. The van der Waals surface area contributed by atoms with E-state index in [-0.39, 0.29) is 5.91 Å². The van der Waals surface area contributed by atoms with E-state index in [9.17, 15) is 4.79 Å². The highest BCUT2D eigenvalue weighted by molar-refractivity contribution is 6.03. The Balaban J connectivity index is 2.31. The van der Waals surface area contributed by atoms with Crippen LogP contribution in [0.3, 0.4) is 0 Å². The molecule has 12 heavy (non-hydrogen) atoms. The predicted octanol–water partition coefficient (Wildman–Crippen LogP) is 1.13. The van der Waals surface area contributed by atoms with Crippen molar-refractivity contribution in [2.75, 3.05) is 11.4 Å². The highest BCUT2D eigenvalue weighted by Crippen LogP contribution is 2.36. The van der Waals surface area contributed by atoms with Crippen molar-refractivity contribution in [2.45, 2.75) is 12.8 Å². The molecule has 0 unspecified atom stereocenters. The first-order valence-electron chi connectivity index (χ1n) is 4.27. The molecule has 0 N–H and O–H groups in total. The summed E-state index contributed by atoms with van der Waals surface area (Å²) in [6.07, 6.45) is 1.65. The van der Waals surface area contributed by atoms with E-state index in [2.05, 4.69) is 18.2 Å². The molecule has 0 saturated carbocycles. The third-order valence-corrected chi connectivity index (χ3v) is 2.72. The largest absolute Gasteiger partial charge is 0.311 e. The molecule has 2 aliphatic heterocycles. The van der Waals surface area contributed by atoms with Crippen LogP contribution in [0.15, 0.2) is 18.2 Å². The Bertz CT molecular complexity index is 370. The first-order valence-corrected chi connectivity index (χ1v) is 4.27. The molecule has 0 bridgehead atoms. The maximum Gasteiger partial charge on any atom is 0.231 e. The Morgan fingerprint density at radius 3 is 3.00 bits per heavy atom. The van der Waals surface area contributed by atoms with Crippen LogP contribution < -0.4 is 4.90 Å². The molecule has 0 atom stereocenters. The van der Waals surface area contributed by atoms with Gasteiger partial charge in [-0.05, 0) is 17.5 Å². The number of rotatable bonds is 0. The second-order valence-electron chi connectivity index (χ2n) is 3.40. The summed E-state index contributed by atoms with van der Waals surface area (Å²) in [5.41, 5.74) is 3.77. The molecule has 1 aromatic rings. The molecule has 1 aromatic carbocycles. The summed E-state index contributed by atoms with van der Waals surface area (Å²) in [6.45, 7) is 0.894. The van der Waals surface area contributed by atoms with Crippen molar-refractivity contribution in [3.05, 3.63) is 29.3 Å². The Morgan fingerprint density at radius 1 is 1.25 bits per heavy atom. The minimum Gasteiger partial charge on any atom is -0.311 e. The normalized spacial score (nSPS) is 18.7. The van der Waals surface area contributed by atoms with E-state index in [1.807, 2.05) is 4.90 Å². The van der Waals surface area contributed by atoms with Gasteiger partial charge in [0.2, 0.25) is 5.91 Å². The third kappa shape index (κ3) is 0.583. The smallest absolute Gasteiger partial charge is 0.231 e. The van der Waals surface area contributed by atoms with E-state index in [0.29, 0.717) is 6.42 Å². The van der Waals surface area contributed by atoms with Crippen LogP contribution in [-0.4, -0.2) is 12.5 Å². The molecule has 0 aromatic heterocycles. The highest BCUT2D eigenvalue weighted by Gasteiger charge is 2.32. The minimum absolute atomic E-state index is 0.273. The number of nitrogens with zero attached hydrogens (tertiary/aromatic N) is 1. The van der Waals surface area contributed by atoms with Gasteiger partial charge in [0.1, 0.15) is 0 Å². The third-order valence-electron chi connectivity index (χ3n) is 2.72. The van der Waals surface area contributed by atoms with Crippen molar-refractivity contribution >= 4 is 11.6 Å². The number of carbonyl (C=O) groups excluding carboxylic acids is 1. The van der Waals surface area contributed by atoms with Gasteiger partial charge in [0.05, 0.1) is 12.1 Å². The van der Waals surface area contributed by atoms with Crippen LogP contribution >= 0.6 is 0 Å². The zero-order chi connectivity index (χ0) is 8.13. The molecule has 0 aliphatic carbocycles. The molecule has 2 heterocycles. The number of hydrogen-bond donors (Lipinski definition) is 0. The number of amides is 1. The fourth-order valence-electron chi connectivity index (χ4n) is 2.19. The van der Waals surface area contributed by atoms with Crippen molar-refractivity contribution in [1.29, 1.82) is 0 Å². The summed E-state index contributed by atoms with van der Waals surface area (Å²) in [6, 6.07) is 6.23. The minimum atomic E-state index is 0.273. The van der Waals surface area contributed by atoms with E-state index in [0.717, 1.165) is 13.0 Å². The van der Waals surface area contributed by atoms with Crippen LogP contribution in [0, 0.1) is 0 Å². The number of carbonyl (C=O) groups is 1. The van der Waals surface area contributed by atoms with Crippen LogP contribution in [0.1, 0.15) is 11.1 Å². The van der Waals surface area contributed by atoms with Crippen LogP contribution in [0.4, 0.5) is 5.69 Å². The number of anilines is 1. The summed E-state index contributed by atoms with van der Waals surface area (Å²) in [4.78, 5) is 13.3. The lowest BCUT2D eigenvalue weighted by Crippen LogP contribution is -2.24. The Labute approximate surface area is 70.8 Å². The summed E-state index contributed by atoms with van der Waals surface area (Å²) in [7, 11) is 0. The van der Waals surface area contributed by atoms with Gasteiger partial charge in [-0.15, -0.1) is 0 Å². The fourth-order valence-corrected chi connectivity index (χ4v) is 2.19. The molecule has 0 spiro atoms. The topological polar surface area (TPSA) is 20.3 Å². The maximum absolute atomic E-state index is 11.4. The first kappa shape index (κ1) is 6.23. The quantitative estimate of drug-likeness (QED) is 0.555. The molecule has 3 rings (SSSR count). The molecule has 2 nitrogen and oxygen atoms in total. The van der Waals surface area contributed by atoms with Gasteiger partial charge in [-0.3, -0.25) is 4.79 Å². The van der Waals surface area contributed by atoms with Crippen molar-refractivity contribution in [1.82, 2.24) is 0 Å². The van der Waals surface area contributed by atoms with Gasteiger partial charge in [-0.2, -0.15) is 0 Å². The summed E-state index contributed by atoms with van der Waals surface area (Å²) < 4.78 is 0. The van der Waals surface area contributed by atoms with Gasteiger partial charge in [0.25, 0.3) is 0 Å². The molecule has 1 amide bonds. The highest BCUT2D eigenvalue weighted by atomic mass is 16.2. The maximum atomic E-state index is 11.4. The standard InChI is InChI=1S/C10H9NO/c12-9-6-8-3-1-2-7-4-5-11(9)10(7)8/h1-3H,4-6H2. The van der Waals surface area contributed by atoms with Crippen molar-refractivity contribution in [3.8, 4) is 0 Å². The van der Waals surface area contributed by atoms with E-state index >= 15 is 0 Å². The Hall–Kier alpha value is -1.31. The van der Waals surface area contributed by atoms with E-state index in [1.54, 1.807) is 0 Å². The Kier molecular flexibility index (Phi) is 0.980. The van der Waals surface area contributed by atoms with E-state index < -0.39 is 0 Å². The zero-order valence-corrected chi connectivity index (χ0v) is 6.71. The average Bonchev–Trinajstić information content (AvgIpc) is 2.60. The number of benzene rings is 1. The molecule has 0 fully saturated rings. The fraction of sp³-hybridized carbons (Fsp3) is 0.300. The van der Waals surface area contributed by atoms with Crippen molar-refractivity contribution in [3.63, 3.8) is 0 Å². The molecular formula is C10H9NO. The predicted molar refractivity (Wildman–Crippen MR) is 46.2 cm³/mol. The van der Waals surface area contributed by atoms with Crippen LogP contribution in [-0.2, 0) is 17.6 Å². The van der Waals surface area contributed by atoms with Gasteiger partial charge in [0, 0.05) is 6.54 Å². The van der Waals surface area contributed by atoms with Gasteiger partial charge < -0.3 is 4.90 Å². The van der Waals surface area contributed by atoms with Gasteiger partial charge >= 0.3 is 0 Å². The molecule has 0 saturated heterocycles. The number of para-hydroxylation sites is 1. The molecule has 2 aliphatic rings. The van der Waals surface area contributed by atoms with Gasteiger partial charge in [0.15, 0.2) is 0 Å². The number of hydrogen-bond acceptors (Lipinski definition) is 1. The summed E-state index contributed by atoms with van der Waals surface area (Å²) >= 11 is 0. The summed E-state index contributed by atoms with van der Waals surface area (Å²) in [5.74, 6) is 0.273. The lowest BCUT2D eigenvalue weighted by molar-refractivity contribution is -0.117. The van der Waals surface area contributed by atoms with Gasteiger partial charge in [-0.25, -0.2) is 0 Å². The monoisotopic (exact) mass is 159 g/mol. The molecule has 2 heteroatoms.